The minimum atomic E-state index is -0.324. The molecule has 0 aliphatic heterocycles. The summed E-state index contributed by atoms with van der Waals surface area (Å²) in [6.45, 7) is -0.0270. The lowest BCUT2D eigenvalue weighted by Gasteiger charge is -2.23. The molecule has 1 saturated carbocycles. The molecule has 0 unspecified atom stereocenters. The third-order valence-corrected chi connectivity index (χ3v) is 4.96. The summed E-state index contributed by atoms with van der Waals surface area (Å²) in [5.74, 6) is 0.0168. The summed E-state index contributed by atoms with van der Waals surface area (Å²) >= 11 is 1.51. The maximum Gasteiger partial charge on any atom is 0.165 e. The van der Waals surface area contributed by atoms with Gasteiger partial charge in [0.2, 0.25) is 0 Å². The highest BCUT2D eigenvalue weighted by Gasteiger charge is 2.17. The van der Waals surface area contributed by atoms with Gasteiger partial charge < -0.3 is 9.84 Å². The Hall–Kier alpha value is -1.39. The van der Waals surface area contributed by atoms with Gasteiger partial charge >= 0.3 is 0 Å². The lowest BCUT2D eigenvalue weighted by molar-refractivity contribution is 0.149. The lowest BCUT2D eigenvalue weighted by Crippen LogP contribution is -2.20. The van der Waals surface area contributed by atoms with Crippen molar-refractivity contribution in [3.05, 3.63) is 41.0 Å². The van der Waals surface area contributed by atoms with Crippen LogP contribution in [0.2, 0.25) is 0 Å². The van der Waals surface area contributed by atoms with Gasteiger partial charge in [-0.1, -0.05) is 6.42 Å². The van der Waals surface area contributed by atoms with E-state index in [4.69, 9.17) is 4.74 Å². The molecule has 1 aromatic carbocycles. The Morgan fingerprint density at radius 2 is 2.00 bits per heavy atom. The maximum atomic E-state index is 14.2. The number of hydrogen-bond donors (Lipinski definition) is 1. The topological polar surface area (TPSA) is 29.5 Å². The van der Waals surface area contributed by atoms with E-state index in [-0.39, 0.29) is 18.5 Å². The molecule has 0 atom stereocenters. The fraction of sp³-hybridized carbons (Fsp3) is 0.412. The Balaban J connectivity index is 1.79. The van der Waals surface area contributed by atoms with Crippen LogP contribution in [-0.4, -0.2) is 11.2 Å². The first kappa shape index (κ1) is 14.5. The Morgan fingerprint density at radius 1 is 1.19 bits per heavy atom. The van der Waals surface area contributed by atoms with Crippen molar-refractivity contribution in [1.29, 1.82) is 0 Å². The summed E-state index contributed by atoms with van der Waals surface area (Å²) in [6, 6.07) is 6.94. The Labute approximate surface area is 128 Å². The highest BCUT2D eigenvalue weighted by molar-refractivity contribution is 7.13. The van der Waals surface area contributed by atoms with E-state index in [1.165, 1.54) is 36.7 Å². The van der Waals surface area contributed by atoms with Gasteiger partial charge in [-0.15, -0.1) is 11.3 Å². The van der Waals surface area contributed by atoms with Crippen LogP contribution in [0.25, 0.3) is 10.4 Å². The molecule has 0 amide bonds. The number of aliphatic hydroxyl groups is 1. The van der Waals surface area contributed by atoms with E-state index in [0.717, 1.165) is 28.8 Å². The van der Waals surface area contributed by atoms with Crippen molar-refractivity contribution >= 4 is 11.3 Å². The first-order chi connectivity index (χ1) is 10.3. The van der Waals surface area contributed by atoms with Crippen LogP contribution < -0.4 is 4.74 Å². The average molecular weight is 306 g/mol. The van der Waals surface area contributed by atoms with E-state index in [1.54, 1.807) is 6.07 Å². The largest absolute Gasteiger partial charge is 0.487 e. The van der Waals surface area contributed by atoms with Gasteiger partial charge in [-0.25, -0.2) is 4.39 Å². The number of benzene rings is 1. The zero-order valence-corrected chi connectivity index (χ0v) is 12.7. The third-order valence-electron chi connectivity index (χ3n) is 3.96. The Morgan fingerprint density at radius 3 is 2.71 bits per heavy atom. The van der Waals surface area contributed by atoms with Gasteiger partial charge in [-0.05, 0) is 66.5 Å². The van der Waals surface area contributed by atoms with Crippen molar-refractivity contribution in [3.8, 4) is 16.2 Å². The molecule has 1 aromatic heterocycles. The van der Waals surface area contributed by atoms with Crippen LogP contribution >= 0.6 is 11.3 Å². The van der Waals surface area contributed by atoms with E-state index in [2.05, 4.69) is 0 Å². The molecule has 0 radical (unpaired) electrons. The molecular formula is C17H19FO2S. The fourth-order valence-corrected chi connectivity index (χ4v) is 3.73. The molecule has 1 aliphatic rings. The van der Waals surface area contributed by atoms with Gasteiger partial charge in [-0.3, -0.25) is 0 Å². The van der Waals surface area contributed by atoms with Crippen molar-refractivity contribution < 1.29 is 14.2 Å². The second-order valence-corrected chi connectivity index (χ2v) is 6.37. The van der Waals surface area contributed by atoms with Crippen molar-refractivity contribution in [2.75, 3.05) is 0 Å². The molecule has 0 saturated heterocycles. The predicted molar refractivity (Wildman–Crippen MR) is 83.1 cm³/mol. The standard InChI is InChI=1S/C17H19FO2S/c18-15-10-12(17-13(11-19)8-9-21-17)6-7-16(15)20-14-4-2-1-3-5-14/h6-10,14,19H,1-5,11H2. The summed E-state index contributed by atoms with van der Waals surface area (Å²) in [4.78, 5) is 0.917. The predicted octanol–water partition coefficient (Wildman–Crippen LogP) is 4.76. The van der Waals surface area contributed by atoms with Crippen LogP contribution in [-0.2, 0) is 6.61 Å². The Kier molecular flexibility index (Phi) is 4.56. The average Bonchev–Trinajstić information content (AvgIpc) is 2.99. The molecule has 1 heterocycles. The number of rotatable bonds is 4. The lowest BCUT2D eigenvalue weighted by atomic mass is 9.98. The van der Waals surface area contributed by atoms with Crippen molar-refractivity contribution in [2.45, 2.75) is 44.8 Å². The monoisotopic (exact) mass is 306 g/mol. The minimum absolute atomic E-state index is 0.0270. The first-order valence-electron chi connectivity index (χ1n) is 7.41. The van der Waals surface area contributed by atoms with E-state index >= 15 is 0 Å². The van der Waals surface area contributed by atoms with Gasteiger partial charge in [0.25, 0.3) is 0 Å². The molecule has 1 N–H and O–H groups in total. The summed E-state index contributed by atoms with van der Waals surface area (Å²) in [5.41, 5.74) is 1.63. The number of thiophene rings is 1. The molecule has 2 nitrogen and oxygen atoms in total. The third kappa shape index (κ3) is 3.27. The zero-order valence-electron chi connectivity index (χ0n) is 11.8. The molecule has 1 aliphatic carbocycles. The molecule has 0 spiro atoms. The summed E-state index contributed by atoms with van der Waals surface area (Å²) in [6.07, 6.45) is 5.76. The number of aliphatic hydroxyl groups excluding tert-OH is 1. The van der Waals surface area contributed by atoms with E-state index in [9.17, 15) is 9.50 Å². The second kappa shape index (κ2) is 6.58. The fourth-order valence-electron chi connectivity index (χ4n) is 2.81. The highest BCUT2D eigenvalue weighted by atomic mass is 32.1. The van der Waals surface area contributed by atoms with Crippen molar-refractivity contribution in [2.24, 2.45) is 0 Å². The van der Waals surface area contributed by atoms with Gasteiger partial charge in [0.05, 0.1) is 12.7 Å². The van der Waals surface area contributed by atoms with Crippen LogP contribution in [0.5, 0.6) is 5.75 Å². The summed E-state index contributed by atoms with van der Waals surface area (Å²) < 4.78 is 20.0. The summed E-state index contributed by atoms with van der Waals surface area (Å²) in [5, 5.41) is 11.2. The summed E-state index contributed by atoms with van der Waals surface area (Å²) in [7, 11) is 0. The van der Waals surface area contributed by atoms with Crippen LogP contribution in [0.3, 0.4) is 0 Å². The molecule has 112 valence electrons. The SMILES string of the molecule is OCc1ccsc1-c1ccc(OC2CCCCC2)c(F)c1. The molecule has 3 rings (SSSR count). The van der Waals surface area contributed by atoms with Crippen molar-refractivity contribution in [3.63, 3.8) is 0 Å². The second-order valence-electron chi connectivity index (χ2n) is 5.46. The zero-order chi connectivity index (χ0) is 14.7. The smallest absolute Gasteiger partial charge is 0.165 e. The normalized spacial score (nSPS) is 16.1. The minimum Gasteiger partial charge on any atom is -0.487 e. The maximum absolute atomic E-state index is 14.2. The number of ether oxygens (including phenoxy) is 1. The van der Waals surface area contributed by atoms with Crippen LogP contribution in [0.4, 0.5) is 4.39 Å². The van der Waals surface area contributed by atoms with E-state index in [0.29, 0.717) is 5.75 Å². The molecular weight excluding hydrogens is 287 g/mol. The van der Waals surface area contributed by atoms with Crippen LogP contribution in [0.1, 0.15) is 37.7 Å². The van der Waals surface area contributed by atoms with Gasteiger partial charge in [-0.2, -0.15) is 0 Å². The van der Waals surface area contributed by atoms with Crippen molar-refractivity contribution in [1.82, 2.24) is 0 Å². The molecule has 1 fully saturated rings. The Bertz CT molecular complexity index is 603. The van der Waals surface area contributed by atoms with Crippen LogP contribution in [0.15, 0.2) is 29.6 Å². The van der Waals surface area contributed by atoms with Gasteiger partial charge in [0.15, 0.2) is 11.6 Å². The molecule has 2 aromatic rings. The quantitative estimate of drug-likeness (QED) is 0.882. The van der Waals surface area contributed by atoms with E-state index < -0.39 is 0 Å². The molecule has 4 heteroatoms. The first-order valence-corrected chi connectivity index (χ1v) is 8.29. The molecule has 0 bridgehead atoms. The van der Waals surface area contributed by atoms with Gasteiger partial charge in [0.1, 0.15) is 0 Å². The highest BCUT2D eigenvalue weighted by Crippen LogP contribution is 2.33. The van der Waals surface area contributed by atoms with Gasteiger partial charge in [0, 0.05) is 4.88 Å². The number of hydrogen-bond acceptors (Lipinski definition) is 3. The van der Waals surface area contributed by atoms with E-state index in [1.807, 2.05) is 17.5 Å². The number of halogens is 1. The van der Waals surface area contributed by atoms with Crippen LogP contribution in [0, 0.1) is 5.82 Å². The molecule has 21 heavy (non-hydrogen) atoms.